The van der Waals surface area contributed by atoms with Gasteiger partial charge in [0.25, 0.3) is 0 Å². The van der Waals surface area contributed by atoms with Crippen molar-refractivity contribution in [2.45, 2.75) is 18.9 Å². The zero-order valence-corrected chi connectivity index (χ0v) is 11.9. The molecule has 18 heavy (non-hydrogen) atoms. The number of piperidine rings is 1. The Balaban J connectivity index is 1.85. The van der Waals surface area contributed by atoms with Gasteiger partial charge in [0.15, 0.2) is 0 Å². The zero-order valence-electron chi connectivity index (χ0n) is 10.3. The third kappa shape index (κ3) is 2.32. The van der Waals surface area contributed by atoms with Crippen LogP contribution in [-0.4, -0.2) is 36.1 Å². The smallest absolute Gasteiger partial charge is 0.106 e. The second kappa shape index (κ2) is 5.03. The molecule has 96 valence electrons. The van der Waals surface area contributed by atoms with E-state index in [2.05, 4.69) is 22.2 Å². The van der Waals surface area contributed by atoms with Crippen molar-refractivity contribution in [1.29, 1.82) is 0 Å². The molecule has 0 spiro atoms. The minimum absolute atomic E-state index is 0.506. The SMILES string of the molecule is CN1CCC(Nc2c(Cl)ccc3scnc23)CC1. The molecule has 1 aliphatic rings. The van der Waals surface area contributed by atoms with Crippen molar-refractivity contribution in [3.05, 3.63) is 22.7 Å². The molecule has 1 aromatic carbocycles. The Morgan fingerprint density at radius 3 is 2.94 bits per heavy atom. The highest BCUT2D eigenvalue weighted by Crippen LogP contribution is 2.33. The zero-order chi connectivity index (χ0) is 12.5. The van der Waals surface area contributed by atoms with E-state index in [1.54, 1.807) is 11.3 Å². The van der Waals surface area contributed by atoms with Gasteiger partial charge in [-0.1, -0.05) is 11.6 Å². The van der Waals surface area contributed by atoms with Gasteiger partial charge in [0.2, 0.25) is 0 Å². The first-order valence-electron chi connectivity index (χ1n) is 6.21. The number of aromatic nitrogens is 1. The molecule has 3 nitrogen and oxygen atoms in total. The van der Waals surface area contributed by atoms with Crippen molar-refractivity contribution in [3.8, 4) is 0 Å². The molecule has 3 rings (SSSR count). The number of hydrogen-bond donors (Lipinski definition) is 1. The van der Waals surface area contributed by atoms with Crippen LogP contribution in [0.2, 0.25) is 5.02 Å². The van der Waals surface area contributed by atoms with E-state index in [1.807, 2.05) is 17.6 Å². The quantitative estimate of drug-likeness (QED) is 0.914. The lowest BCUT2D eigenvalue weighted by Crippen LogP contribution is -2.36. The van der Waals surface area contributed by atoms with Crippen LogP contribution in [0.3, 0.4) is 0 Å². The number of nitrogens with one attached hydrogen (secondary N) is 1. The second-order valence-electron chi connectivity index (χ2n) is 4.84. The van der Waals surface area contributed by atoms with Crippen molar-refractivity contribution < 1.29 is 0 Å². The number of halogens is 1. The minimum atomic E-state index is 0.506. The van der Waals surface area contributed by atoms with E-state index in [0.717, 1.165) is 42.2 Å². The van der Waals surface area contributed by atoms with Crippen LogP contribution in [0.15, 0.2) is 17.6 Å². The predicted molar refractivity (Wildman–Crippen MR) is 78.8 cm³/mol. The molecule has 1 fully saturated rings. The third-order valence-electron chi connectivity index (χ3n) is 3.52. The molecular weight excluding hydrogens is 266 g/mol. The maximum atomic E-state index is 6.30. The van der Waals surface area contributed by atoms with E-state index in [1.165, 1.54) is 4.70 Å². The summed E-state index contributed by atoms with van der Waals surface area (Å²) in [6.45, 7) is 2.28. The Morgan fingerprint density at radius 1 is 1.39 bits per heavy atom. The number of benzene rings is 1. The van der Waals surface area contributed by atoms with Gasteiger partial charge < -0.3 is 10.2 Å². The molecule has 2 heterocycles. The Morgan fingerprint density at radius 2 is 2.17 bits per heavy atom. The normalized spacial score (nSPS) is 18.3. The number of nitrogens with zero attached hydrogens (tertiary/aromatic N) is 2. The van der Waals surface area contributed by atoms with Crippen LogP contribution < -0.4 is 5.32 Å². The molecule has 2 aromatic rings. The fourth-order valence-electron chi connectivity index (χ4n) is 2.40. The van der Waals surface area contributed by atoms with Gasteiger partial charge in [0, 0.05) is 6.04 Å². The Bertz CT molecular complexity index is 546. The highest BCUT2D eigenvalue weighted by molar-refractivity contribution is 7.16. The maximum Gasteiger partial charge on any atom is 0.106 e. The number of likely N-dealkylation sites (tertiary alicyclic amines) is 1. The van der Waals surface area contributed by atoms with E-state index >= 15 is 0 Å². The van der Waals surface area contributed by atoms with E-state index in [0.29, 0.717) is 6.04 Å². The lowest BCUT2D eigenvalue weighted by molar-refractivity contribution is 0.264. The average molecular weight is 282 g/mol. The van der Waals surface area contributed by atoms with Crippen molar-refractivity contribution in [3.63, 3.8) is 0 Å². The van der Waals surface area contributed by atoms with Crippen LogP contribution >= 0.6 is 22.9 Å². The number of anilines is 1. The number of rotatable bonds is 2. The summed E-state index contributed by atoms with van der Waals surface area (Å²) in [7, 11) is 2.17. The summed E-state index contributed by atoms with van der Waals surface area (Å²) < 4.78 is 1.19. The number of fused-ring (bicyclic) bond motifs is 1. The summed E-state index contributed by atoms with van der Waals surface area (Å²) in [4.78, 5) is 6.79. The molecule has 1 aromatic heterocycles. The lowest BCUT2D eigenvalue weighted by Gasteiger charge is -2.30. The summed E-state index contributed by atoms with van der Waals surface area (Å²) in [5, 5.41) is 4.36. The molecule has 0 unspecified atom stereocenters. The second-order valence-corrected chi connectivity index (χ2v) is 6.14. The molecule has 0 radical (unpaired) electrons. The van der Waals surface area contributed by atoms with Crippen LogP contribution in [-0.2, 0) is 0 Å². The highest BCUT2D eigenvalue weighted by atomic mass is 35.5. The van der Waals surface area contributed by atoms with Gasteiger partial charge in [-0.15, -0.1) is 11.3 Å². The summed E-state index contributed by atoms with van der Waals surface area (Å²) in [5.41, 5.74) is 3.89. The van der Waals surface area contributed by atoms with Gasteiger partial charge >= 0.3 is 0 Å². The average Bonchev–Trinajstić information content (AvgIpc) is 2.84. The maximum absolute atomic E-state index is 6.30. The topological polar surface area (TPSA) is 28.2 Å². The third-order valence-corrected chi connectivity index (χ3v) is 4.63. The van der Waals surface area contributed by atoms with Gasteiger partial charge in [0.05, 0.1) is 20.9 Å². The Kier molecular flexibility index (Phi) is 3.41. The standard InChI is InChI=1S/C13H16ClN3S/c1-17-6-4-9(5-7-17)16-12-10(14)2-3-11-13(12)15-8-18-11/h2-3,8-9,16H,4-7H2,1H3. The number of hydrogen-bond acceptors (Lipinski definition) is 4. The first-order valence-corrected chi connectivity index (χ1v) is 7.46. The van der Waals surface area contributed by atoms with Crippen molar-refractivity contribution in [2.75, 3.05) is 25.5 Å². The van der Waals surface area contributed by atoms with Crippen molar-refractivity contribution in [2.24, 2.45) is 0 Å². The molecule has 0 saturated carbocycles. The molecule has 5 heteroatoms. The first kappa shape index (κ1) is 12.2. The van der Waals surface area contributed by atoms with Crippen molar-refractivity contribution >= 4 is 38.8 Å². The van der Waals surface area contributed by atoms with Gasteiger partial charge in [-0.2, -0.15) is 0 Å². The summed E-state index contributed by atoms with van der Waals surface area (Å²) >= 11 is 7.95. The van der Waals surface area contributed by atoms with Crippen LogP contribution in [0.5, 0.6) is 0 Å². The van der Waals surface area contributed by atoms with E-state index in [-0.39, 0.29) is 0 Å². The molecule has 0 atom stereocenters. The summed E-state index contributed by atoms with van der Waals surface area (Å²) in [5.74, 6) is 0. The Hall–Kier alpha value is -0.840. The Labute approximate surface area is 116 Å². The summed E-state index contributed by atoms with van der Waals surface area (Å²) in [6.07, 6.45) is 2.32. The molecular formula is C13H16ClN3S. The van der Waals surface area contributed by atoms with E-state index < -0.39 is 0 Å². The molecule has 0 amide bonds. The molecule has 1 saturated heterocycles. The minimum Gasteiger partial charge on any atom is -0.379 e. The van der Waals surface area contributed by atoms with E-state index in [9.17, 15) is 0 Å². The number of thiazole rings is 1. The lowest BCUT2D eigenvalue weighted by atomic mass is 10.1. The summed E-state index contributed by atoms with van der Waals surface area (Å²) in [6, 6.07) is 4.50. The van der Waals surface area contributed by atoms with Gasteiger partial charge in [-0.25, -0.2) is 4.98 Å². The van der Waals surface area contributed by atoms with Gasteiger partial charge in [-0.3, -0.25) is 0 Å². The highest BCUT2D eigenvalue weighted by Gasteiger charge is 2.18. The van der Waals surface area contributed by atoms with Gasteiger partial charge in [0.1, 0.15) is 5.52 Å². The fraction of sp³-hybridized carbons (Fsp3) is 0.462. The fourth-order valence-corrected chi connectivity index (χ4v) is 3.29. The molecule has 1 N–H and O–H groups in total. The van der Waals surface area contributed by atoms with Crippen LogP contribution in [0, 0.1) is 0 Å². The van der Waals surface area contributed by atoms with Crippen LogP contribution in [0.4, 0.5) is 5.69 Å². The molecule has 1 aliphatic heterocycles. The molecule has 0 aliphatic carbocycles. The predicted octanol–water partition coefficient (Wildman–Crippen LogP) is 3.46. The monoisotopic (exact) mass is 281 g/mol. The largest absolute Gasteiger partial charge is 0.379 e. The van der Waals surface area contributed by atoms with Gasteiger partial charge in [-0.05, 0) is 45.1 Å². The van der Waals surface area contributed by atoms with Crippen LogP contribution in [0.1, 0.15) is 12.8 Å². The van der Waals surface area contributed by atoms with Crippen LogP contribution in [0.25, 0.3) is 10.2 Å². The first-order chi connectivity index (χ1) is 8.74. The van der Waals surface area contributed by atoms with E-state index in [4.69, 9.17) is 11.6 Å². The van der Waals surface area contributed by atoms with Crippen molar-refractivity contribution in [1.82, 2.24) is 9.88 Å². The molecule has 0 bridgehead atoms.